The van der Waals surface area contributed by atoms with Crippen molar-refractivity contribution in [2.24, 2.45) is 5.73 Å². The average Bonchev–Trinajstić information content (AvgIpc) is 2.37. The van der Waals surface area contributed by atoms with E-state index in [0.717, 1.165) is 23.6 Å². The van der Waals surface area contributed by atoms with Gasteiger partial charge < -0.3 is 11.1 Å². The third-order valence-corrected chi connectivity index (χ3v) is 2.40. The van der Waals surface area contributed by atoms with Gasteiger partial charge in [-0.3, -0.25) is 0 Å². The summed E-state index contributed by atoms with van der Waals surface area (Å²) < 4.78 is 0. The van der Waals surface area contributed by atoms with E-state index in [-0.39, 0.29) is 0 Å². The van der Waals surface area contributed by atoms with Gasteiger partial charge in [-0.05, 0) is 13.0 Å². The number of nitrogens with one attached hydrogen (secondary N) is 1. The van der Waals surface area contributed by atoms with Crippen LogP contribution in [0.2, 0.25) is 0 Å². The second-order valence-electron chi connectivity index (χ2n) is 3.88. The summed E-state index contributed by atoms with van der Waals surface area (Å²) in [4.78, 5) is 8.66. The number of benzene rings is 1. The fraction of sp³-hybridized carbons (Fsp3) is 0.231. The minimum Gasteiger partial charge on any atom is -0.381 e. The first-order valence-electron chi connectivity index (χ1n) is 5.62. The van der Waals surface area contributed by atoms with Gasteiger partial charge in [0, 0.05) is 18.7 Å². The third kappa shape index (κ3) is 3.01. The van der Waals surface area contributed by atoms with Gasteiger partial charge in [0.25, 0.3) is 0 Å². The van der Waals surface area contributed by atoms with Crippen LogP contribution < -0.4 is 11.1 Å². The molecule has 2 aromatic rings. The maximum Gasteiger partial charge on any atom is 0.159 e. The third-order valence-electron chi connectivity index (χ3n) is 2.40. The van der Waals surface area contributed by atoms with Crippen LogP contribution in [0, 0.1) is 6.92 Å². The zero-order chi connectivity index (χ0) is 12.1. The van der Waals surface area contributed by atoms with Gasteiger partial charge in [-0.1, -0.05) is 23.8 Å². The molecule has 3 N–H and O–H groups in total. The predicted octanol–water partition coefficient (Wildman–Crippen LogP) is 1.82. The van der Waals surface area contributed by atoms with Crippen LogP contribution in [-0.2, 0) is 0 Å². The highest BCUT2D eigenvalue weighted by Gasteiger charge is 2.01. The Labute approximate surface area is 101 Å². The molecule has 0 saturated carbocycles. The summed E-state index contributed by atoms with van der Waals surface area (Å²) in [5.41, 5.74) is 8.55. The van der Waals surface area contributed by atoms with E-state index in [1.165, 1.54) is 5.56 Å². The fourth-order valence-electron chi connectivity index (χ4n) is 1.57. The topological polar surface area (TPSA) is 63.8 Å². The summed E-state index contributed by atoms with van der Waals surface area (Å²) >= 11 is 0. The minimum atomic E-state index is 0.597. The normalized spacial score (nSPS) is 10.2. The molecule has 0 bridgehead atoms. The number of hydrogen-bond donors (Lipinski definition) is 2. The Kier molecular flexibility index (Phi) is 3.67. The second-order valence-corrected chi connectivity index (χ2v) is 3.88. The molecule has 17 heavy (non-hydrogen) atoms. The Hall–Kier alpha value is -1.94. The molecule has 0 spiro atoms. The molecule has 4 heteroatoms. The molecular formula is C13H16N4. The van der Waals surface area contributed by atoms with E-state index in [2.05, 4.69) is 34.3 Å². The molecule has 0 fully saturated rings. The summed E-state index contributed by atoms with van der Waals surface area (Å²) in [6.07, 6.45) is 3.56. The monoisotopic (exact) mass is 228 g/mol. The van der Waals surface area contributed by atoms with E-state index in [1.54, 1.807) is 12.4 Å². The highest BCUT2D eigenvalue weighted by Crippen LogP contribution is 2.16. The summed E-state index contributed by atoms with van der Waals surface area (Å²) in [5, 5.41) is 3.13. The van der Waals surface area contributed by atoms with Crippen molar-refractivity contribution in [2.45, 2.75) is 6.92 Å². The largest absolute Gasteiger partial charge is 0.381 e. The molecule has 0 aliphatic carbocycles. The van der Waals surface area contributed by atoms with Crippen molar-refractivity contribution in [1.29, 1.82) is 0 Å². The van der Waals surface area contributed by atoms with Gasteiger partial charge in [-0.2, -0.15) is 0 Å². The van der Waals surface area contributed by atoms with Crippen molar-refractivity contribution in [2.75, 3.05) is 18.4 Å². The molecule has 0 aliphatic rings. The number of aromatic nitrogens is 2. The van der Waals surface area contributed by atoms with Gasteiger partial charge in [-0.25, -0.2) is 9.97 Å². The van der Waals surface area contributed by atoms with E-state index in [1.807, 2.05) is 12.1 Å². The maximum atomic E-state index is 5.41. The van der Waals surface area contributed by atoms with Gasteiger partial charge in [0.05, 0.1) is 18.1 Å². The Morgan fingerprint density at radius 2 is 2.00 bits per heavy atom. The van der Waals surface area contributed by atoms with Crippen LogP contribution in [0.5, 0.6) is 0 Å². The number of rotatable bonds is 4. The van der Waals surface area contributed by atoms with Crippen LogP contribution >= 0.6 is 0 Å². The zero-order valence-corrected chi connectivity index (χ0v) is 9.85. The van der Waals surface area contributed by atoms with Gasteiger partial charge in [0.15, 0.2) is 5.82 Å². The van der Waals surface area contributed by atoms with Crippen molar-refractivity contribution >= 4 is 5.69 Å². The van der Waals surface area contributed by atoms with E-state index >= 15 is 0 Å². The molecule has 0 atom stereocenters. The Balaban J connectivity index is 2.17. The van der Waals surface area contributed by atoms with Crippen LogP contribution in [0.15, 0.2) is 36.7 Å². The lowest BCUT2D eigenvalue weighted by Crippen LogP contribution is -2.13. The number of nitrogens with two attached hydrogens (primary N) is 1. The summed E-state index contributed by atoms with van der Waals surface area (Å²) in [6, 6.07) is 8.15. The lowest BCUT2D eigenvalue weighted by Gasteiger charge is -2.05. The van der Waals surface area contributed by atoms with Crippen molar-refractivity contribution in [3.05, 3.63) is 42.2 Å². The molecule has 1 aromatic heterocycles. The summed E-state index contributed by atoms with van der Waals surface area (Å²) in [5.74, 6) is 0.743. The first kappa shape index (κ1) is 11.5. The van der Waals surface area contributed by atoms with Gasteiger partial charge >= 0.3 is 0 Å². The SMILES string of the molecule is Cc1cccc(-c2ncc(NCCN)cn2)c1. The molecule has 4 nitrogen and oxygen atoms in total. The Morgan fingerprint density at radius 1 is 1.24 bits per heavy atom. The molecule has 1 aromatic carbocycles. The van der Waals surface area contributed by atoms with E-state index in [0.29, 0.717) is 6.54 Å². The lowest BCUT2D eigenvalue weighted by molar-refractivity contribution is 1.02. The van der Waals surface area contributed by atoms with Gasteiger partial charge in [-0.15, -0.1) is 0 Å². The van der Waals surface area contributed by atoms with Gasteiger partial charge in [0.1, 0.15) is 0 Å². The molecule has 2 rings (SSSR count). The second kappa shape index (κ2) is 5.41. The van der Waals surface area contributed by atoms with Gasteiger partial charge in [0.2, 0.25) is 0 Å². The zero-order valence-electron chi connectivity index (χ0n) is 9.85. The van der Waals surface area contributed by atoms with Crippen LogP contribution in [0.1, 0.15) is 5.56 Å². The Morgan fingerprint density at radius 3 is 2.65 bits per heavy atom. The molecular weight excluding hydrogens is 212 g/mol. The molecule has 88 valence electrons. The minimum absolute atomic E-state index is 0.597. The summed E-state index contributed by atoms with van der Waals surface area (Å²) in [7, 11) is 0. The average molecular weight is 228 g/mol. The van der Waals surface area contributed by atoms with Crippen LogP contribution in [0.4, 0.5) is 5.69 Å². The first-order chi connectivity index (χ1) is 8.29. The predicted molar refractivity (Wildman–Crippen MR) is 69.7 cm³/mol. The first-order valence-corrected chi connectivity index (χ1v) is 5.62. The number of hydrogen-bond acceptors (Lipinski definition) is 4. The molecule has 0 aliphatic heterocycles. The van der Waals surface area contributed by atoms with E-state index in [4.69, 9.17) is 5.73 Å². The van der Waals surface area contributed by atoms with Crippen molar-refractivity contribution in [3.8, 4) is 11.4 Å². The molecule has 0 saturated heterocycles. The van der Waals surface area contributed by atoms with Crippen LogP contribution in [-0.4, -0.2) is 23.1 Å². The van der Waals surface area contributed by atoms with Crippen molar-refractivity contribution < 1.29 is 0 Å². The van der Waals surface area contributed by atoms with Crippen LogP contribution in [0.3, 0.4) is 0 Å². The molecule has 0 amide bonds. The maximum absolute atomic E-state index is 5.41. The van der Waals surface area contributed by atoms with E-state index in [9.17, 15) is 0 Å². The molecule has 1 heterocycles. The quantitative estimate of drug-likeness (QED) is 0.838. The van der Waals surface area contributed by atoms with Crippen LogP contribution in [0.25, 0.3) is 11.4 Å². The Bertz CT molecular complexity index is 479. The standard InChI is InChI=1S/C13H16N4/c1-10-3-2-4-11(7-10)13-16-8-12(9-17-13)15-6-5-14/h2-4,7-9,15H,5-6,14H2,1H3. The number of nitrogens with zero attached hydrogens (tertiary/aromatic N) is 2. The lowest BCUT2D eigenvalue weighted by atomic mass is 10.1. The smallest absolute Gasteiger partial charge is 0.159 e. The highest BCUT2D eigenvalue weighted by molar-refractivity contribution is 5.57. The molecule has 0 radical (unpaired) electrons. The summed E-state index contributed by atoms with van der Waals surface area (Å²) in [6.45, 7) is 3.38. The van der Waals surface area contributed by atoms with Crippen molar-refractivity contribution in [3.63, 3.8) is 0 Å². The van der Waals surface area contributed by atoms with E-state index < -0.39 is 0 Å². The number of aryl methyl sites for hydroxylation is 1. The van der Waals surface area contributed by atoms with Crippen molar-refractivity contribution in [1.82, 2.24) is 9.97 Å². The fourth-order valence-corrected chi connectivity index (χ4v) is 1.57. The molecule has 0 unspecified atom stereocenters. The highest BCUT2D eigenvalue weighted by atomic mass is 15.0. The number of anilines is 1.